The lowest BCUT2D eigenvalue weighted by Gasteiger charge is -2.33. The molecular weight excluding hydrogens is 428 g/mol. The molecule has 2 aliphatic rings. The SMILES string of the molecule is O=C(N[C@H]1CCSc2ccccc21)[C@@H]1CCCN(S(=O)(=O)c2ccc(Cl)cc2)C1. The number of fused-ring (bicyclic) bond motifs is 1. The summed E-state index contributed by atoms with van der Waals surface area (Å²) < 4.78 is 27.4. The highest BCUT2D eigenvalue weighted by molar-refractivity contribution is 7.99. The van der Waals surface area contributed by atoms with Crippen molar-refractivity contribution >= 4 is 39.3 Å². The Kier molecular flexibility index (Phi) is 6.20. The molecule has 0 unspecified atom stereocenters. The van der Waals surface area contributed by atoms with Crippen LogP contribution < -0.4 is 5.32 Å². The molecule has 1 saturated heterocycles. The summed E-state index contributed by atoms with van der Waals surface area (Å²) in [5.74, 6) is 0.559. The number of amides is 1. The van der Waals surface area contributed by atoms with Gasteiger partial charge in [0.05, 0.1) is 16.9 Å². The van der Waals surface area contributed by atoms with Gasteiger partial charge in [0.25, 0.3) is 0 Å². The molecule has 2 aromatic carbocycles. The van der Waals surface area contributed by atoms with Crippen LogP contribution in [0.3, 0.4) is 0 Å². The lowest BCUT2D eigenvalue weighted by atomic mass is 9.97. The molecule has 2 heterocycles. The summed E-state index contributed by atoms with van der Waals surface area (Å²) in [5, 5.41) is 3.66. The van der Waals surface area contributed by atoms with Crippen LogP contribution in [0.15, 0.2) is 58.3 Å². The number of halogens is 1. The van der Waals surface area contributed by atoms with E-state index in [9.17, 15) is 13.2 Å². The molecule has 0 bridgehead atoms. The molecule has 1 amide bonds. The molecule has 154 valence electrons. The first kappa shape index (κ1) is 20.7. The number of nitrogens with one attached hydrogen (secondary N) is 1. The van der Waals surface area contributed by atoms with Crippen molar-refractivity contribution in [3.05, 3.63) is 59.1 Å². The molecule has 0 radical (unpaired) electrons. The highest BCUT2D eigenvalue weighted by atomic mass is 35.5. The number of hydrogen-bond donors (Lipinski definition) is 1. The van der Waals surface area contributed by atoms with Crippen LogP contribution in [0.1, 0.15) is 30.9 Å². The first-order chi connectivity index (χ1) is 13.9. The number of rotatable bonds is 4. The number of benzene rings is 2. The quantitative estimate of drug-likeness (QED) is 0.761. The zero-order valence-corrected chi connectivity index (χ0v) is 18.3. The molecule has 0 saturated carbocycles. The summed E-state index contributed by atoms with van der Waals surface area (Å²) in [4.78, 5) is 14.4. The Morgan fingerprint density at radius 1 is 1.10 bits per heavy atom. The third kappa shape index (κ3) is 4.48. The van der Waals surface area contributed by atoms with Crippen LogP contribution in [-0.2, 0) is 14.8 Å². The highest BCUT2D eigenvalue weighted by Gasteiger charge is 2.34. The molecule has 0 aromatic heterocycles. The topological polar surface area (TPSA) is 66.5 Å². The Bertz CT molecular complexity index is 995. The van der Waals surface area contributed by atoms with E-state index in [-0.39, 0.29) is 29.3 Å². The average molecular weight is 451 g/mol. The molecule has 2 aromatic rings. The zero-order chi connectivity index (χ0) is 20.4. The zero-order valence-electron chi connectivity index (χ0n) is 15.9. The van der Waals surface area contributed by atoms with Gasteiger partial charge in [-0.15, -0.1) is 11.8 Å². The maximum absolute atomic E-state index is 13.0. The summed E-state index contributed by atoms with van der Waals surface area (Å²) in [7, 11) is -3.64. The van der Waals surface area contributed by atoms with Crippen molar-refractivity contribution in [2.24, 2.45) is 5.92 Å². The number of nitrogens with zero attached hydrogens (tertiary/aromatic N) is 1. The standard InChI is InChI=1S/C21H23ClN2O3S2/c22-16-7-9-17(10-8-16)29(26,27)24-12-3-4-15(14-24)21(25)23-19-11-13-28-20-6-2-1-5-18(19)20/h1-2,5-10,15,19H,3-4,11-14H2,(H,23,25)/t15-,19+/m1/s1. The molecule has 0 spiro atoms. The van der Waals surface area contributed by atoms with Gasteiger partial charge >= 0.3 is 0 Å². The van der Waals surface area contributed by atoms with Gasteiger partial charge in [0, 0.05) is 28.8 Å². The Hall–Kier alpha value is -1.54. The molecule has 2 aliphatic heterocycles. The van der Waals surface area contributed by atoms with Crippen LogP contribution in [0.2, 0.25) is 5.02 Å². The molecular formula is C21H23ClN2O3S2. The number of piperidine rings is 1. The number of thioether (sulfide) groups is 1. The Morgan fingerprint density at radius 3 is 2.66 bits per heavy atom. The average Bonchev–Trinajstić information content (AvgIpc) is 2.74. The molecule has 29 heavy (non-hydrogen) atoms. The van der Waals surface area contributed by atoms with Crippen molar-refractivity contribution in [1.82, 2.24) is 9.62 Å². The third-order valence-electron chi connectivity index (χ3n) is 5.48. The second-order valence-electron chi connectivity index (χ2n) is 7.39. The van der Waals surface area contributed by atoms with Crippen molar-refractivity contribution in [1.29, 1.82) is 0 Å². The van der Waals surface area contributed by atoms with E-state index in [4.69, 9.17) is 11.6 Å². The predicted molar refractivity (Wildman–Crippen MR) is 116 cm³/mol. The van der Waals surface area contributed by atoms with Crippen LogP contribution in [-0.4, -0.2) is 37.5 Å². The van der Waals surface area contributed by atoms with Crippen molar-refractivity contribution in [2.75, 3.05) is 18.8 Å². The smallest absolute Gasteiger partial charge is 0.243 e. The monoisotopic (exact) mass is 450 g/mol. The van der Waals surface area contributed by atoms with E-state index in [0.29, 0.717) is 24.4 Å². The summed E-state index contributed by atoms with van der Waals surface area (Å²) in [6, 6.07) is 14.3. The van der Waals surface area contributed by atoms with Crippen LogP contribution in [0.5, 0.6) is 0 Å². The Morgan fingerprint density at radius 2 is 1.86 bits per heavy atom. The Balaban J connectivity index is 1.46. The van der Waals surface area contributed by atoms with Gasteiger partial charge < -0.3 is 5.32 Å². The van der Waals surface area contributed by atoms with E-state index in [1.807, 2.05) is 23.9 Å². The molecule has 5 nitrogen and oxygen atoms in total. The van der Waals surface area contributed by atoms with Gasteiger partial charge in [-0.3, -0.25) is 4.79 Å². The molecule has 0 aliphatic carbocycles. The fraction of sp³-hybridized carbons (Fsp3) is 0.381. The molecule has 1 fully saturated rings. The molecule has 1 N–H and O–H groups in total. The van der Waals surface area contributed by atoms with Gasteiger partial charge in [-0.05, 0) is 55.2 Å². The maximum atomic E-state index is 13.0. The molecule has 4 rings (SSSR count). The number of carbonyl (C=O) groups excluding carboxylic acids is 1. The lowest BCUT2D eigenvalue weighted by Crippen LogP contribution is -2.46. The second-order valence-corrected chi connectivity index (χ2v) is 10.9. The molecule has 8 heteroatoms. The summed E-state index contributed by atoms with van der Waals surface area (Å²) in [6.07, 6.45) is 2.25. The van der Waals surface area contributed by atoms with E-state index in [1.165, 1.54) is 21.3 Å². The van der Waals surface area contributed by atoms with Gasteiger partial charge in [-0.25, -0.2) is 8.42 Å². The van der Waals surface area contributed by atoms with Crippen molar-refractivity contribution in [2.45, 2.75) is 35.1 Å². The number of carbonyl (C=O) groups is 1. The van der Waals surface area contributed by atoms with E-state index < -0.39 is 10.0 Å². The van der Waals surface area contributed by atoms with E-state index in [0.717, 1.165) is 17.7 Å². The van der Waals surface area contributed by atoms with Crippen LogP contribution in [0.25, 0.3) is 0 Å². The van der Waals surface area contributed by atoms with E-state index >= 15 is 0 Å². The second kappa shape index (κ2) is 8.68. The normalized spacial score (nSPS) is 22.7. The van der Waals surface area contributed by atoms with Crippen LogP contribution >= 0.6 is 23.4 Å². The fourth-order valence-electron chi connectivity index (χ4n) is 3.91. The van der Waals surface area contributed by atoms with E-state index in [2.05, 4.69) is 17.4 Å². The minimum Gasteiger partial charge on any atom is -0.349 e. The first-order valence-corrected chi connectivity index (χ1v) is 12.5. The third-order valence-corrected chi connectivity index (χ3v) is 8.74. The number of sulfonamides is 1. The lowest BCUT2D eigenvalue weighted by molar-refractivity contribution is -0.126. The first-order valence-electron chi connectivity index (χ1n) is 9.73. The summed E-state index contributed by atoms with van der Waals surface area (Å²) in [6.45, 7) is 0.636. The van der Waals surface area contributed by atoms with Gasteiger partial charge in [-0.2, -0.15) is 4.31 Å². The molecule has 2 atom stereocenters. The van der Waals surface area contributed by atoms with Crippen molar-refractivity contribution in [3.8, 4) is 0 Å². The summed E-state index contributed by atoms with van der Waals surface area (Å²) in [5.41, 5.74) is 1.15. The van der Waals surface area contributed by atoms with Gasteiger partial charge in [0.1, 0.15) is 0 Å². The van der Waals surface area contributed by atoms with E-state index in [1.54, 1.807) is 12.1 Å². The predicted octanol–water partition coefficient (Wildman–Crippen LogP) is 4.09. The van der Waals surface area contributed by atoms with Crippen LogP contribution in [0.4, 0.5) is 0 Å². The Labute approximate surface area is 180 Å². The van der Waals surface area contributed by atoms with Gasteiger partial charge in [-0.1, -0.05) is 29.8 Å². The minimum absolute atomic E-state index is 0.0109. The minimum atomic E-state index is -3.64. The van der Waals surface area contributed by atoms with Gasteiger partial charge in [0.15, 0.2) is 0 Å². The van der Waals surface area contributed by atoms with Crippen LogP contribution in [0, 0.1) is 5.92 Å². The number of hydrogen-bond acceptors (Lipinski definition) is 4. The summed E-state index contributed by atoms with van der Waals surface area (Å²) >= 11 is 7.69. The van der Waals surface area contributed by atoms with Crippen molar-refractivity contribution < 1.29 is 13.2 Å². The maximum Gasteiger partial charge on any atom is 0.243 e. The van der Waals surface area contributed by atoms with Gasteiger partial charge in [0.2, 0.25) is 15.9 Å². The highest BCUT2D eigenvalue weighted by Crippen LogP contribution is 2.36. The fourth-order valence-corrected chi connectivity index (χ4v) is 6.69. The van der Waals surface area contributed by atoms with Crippen molar-refractivity contribution in [3.63, 3.8) is 0 Å². The largest absolute Gasteiger partial charge is 0.349 e.